The SMILES string of the molecule is CC[C@H](C)[C@@H](C(=O)N[C@@H](Cc1ccccc1)[C@@H](O)CN(Cc1cc(C)c(C)o1)NC(=O)[C@@H](NC(=O)OC)C(C)(C)C)N1CCN(Cc2cccc(C)n2)C1=O. The van der Waals surface area contributed by atoms with Crippen LogP contribution in [0.4, 0.5) is 9.59 Å². The second-order valence-electron chi connectivity index (χ2n) is 15.6. The van der Waals surface area contributed by atoms with Gasteiger partial charge in [0.25, 0.3) is 5.91 Å². The molecular weight excluding hydrogens is 702 g/mol. The first kappa shape index (κ1) is 42.8. The van der Waals surface area contributed by atoms with Crippen LogP contribution in [0.2, 0.25) is 0 Å². The lowest BCUT2D eigenvalue weighted by Gasteiger charge is -2.36. The number of nitrogens with zero attached hydrogens (tertiary/aromatic N) is 4. The third-order valence-corrected chi connectivity index (χ3v) is 10.1. The van der Waals surface area contributed by atoms with E-state index in [9.17, 15) is 24.3 Å². The van der Waals surface area contributed by atoms with Crippen LogP contribution in [0, 0.1) is 32.1 Å². The van der Waals surface area contributed by atoms with Gasteiger partial charge in [0.15, 0.2) is 0 Å². The van der Waals surface area contributed by atoms with Gasteiger partial charge >= 0.3 is 12.1 Å². The van der Waals surface area contributed by atoms with Gasteiger partial charge in [-0.3, -0.25) is 20.0 Å². The fourth-order valence-corrected chi connectivity index (χ4v) is 6.73. The van der Waals surface area contributed by atoms with Crippen molar-refractivity contribution in [2.24, 2.45) is 11.3 Å². The molecule has 55 heavy (non-hydrogen) atoms. The van der Waals surface area contributed by atoms with Gasteiger partial charge in [-0.1, -0.05) is 77.4 Å². The fourth-order valence-electron chi connectivity index (χ4n) is 6.73. The Morgan fingerprint density at radius 3 is 2.33 bits per heavy atom. The van der Waals surface area contributed by atoms with Crippen LogP contribution in [-0.2, 0) is 33.8 Å². The molecule has 4 N–H and O–H groups in total. The molecule has 1 aromatic carbocycles. The molecule has 14 heteroatoms. The predicted octanol–water partition coefficient (Wildman–Crippen LogP) is 4.64. The van der Waals surface area contributed by atoms with Crippen LogP contribution in [0.3, 0.4) is 0 Å². The van der Waals surface area contributed by atoms with E-state index < -0.39 is 41.6 Å². The van der Waals surface area contributed by atoms with E-state index >= 15 is 0 Å². The molecule has 3 aromatic rings. The molecule has 4 rings (SSSR count). The molecule has 0 saturated carbocycles. The number of aromatic nitrogens is 1. The Bertz CT molecular complexity index is 1740. The topological polar surface area (TPSA) is 170 Å². The van der Waals surface area contributed by atoms with Crippen molar-refractivity contribution >= 4 is 23.9 Å². The lowest BCUT2D eigenvalue weighted by Crippen LogP contribution is -2.60. The minimum Gasteiger partial charge on any atom is -0.465 e. The van der Waals surface area contributed by atoms with Gasteiger partial charge in [-0.05, 0) is 67.9 Å². The van der Waals surface area contributed by atoms with E-state index in [1.807, 2.05) is 110 Å². The Morgan fingerprint density at radius 2 is 1.73 bits per heavy atom. The summed E-state index contributed by atoms with van der Waals surface area (Å²) in [5.41, 5.74) is 5.63. The van der Waals surface area contributed by atoms with Crippen molar-refractivity contribution in [2.45, 2.75) is 106 Å². The number of aliphatic hydroxyl groups excluding tert-OH is 1. The number of aryl methyl sites for hydroxylation is 3. The van der Waals surface area contributed by atoms with E-state index in [1.165, 1.54) is 12.1 Å². The van der Waals surface area contributed by atoms with Crippen molar-refractivity contribution in [1.29, 1.82) is 0 Å². The van der Waals surface area contributed by atoms with Gasteiger partial charge in [-0.2, -0.15) is 0 Å². The summed E-state index contributed by atoms with van der Waals surface area (Å²) < 4.78 is 10.7. The van der Waals surface area contributed by atoms with Gasteiger partial charge in [0.2, 0.25) is 5.91 Å². The van der Waals surface area contributed by atoms with Crippen LogP contribution in [-0.4, -0.2) is 99.8 Å². The number of amides is 5. The summed E-state index contributed by atoms with van der Waals surface area (Å²) in [5, 5.41) is 19.3. The van der Waals surface area contributed by atoms with E-state index in [4.69, 9.17) is 9.15 Å². The molecule has 3 heterocycles. The number of hydrazine groups is 1. The third kappa shape index (κ3) is 11.8. The predicted molar refractivity (Wildman–Crippen MR) is 208 cm³/mol. The van der Waals surface area contributed by atoms with E-state index in [2.05, 4.69) is 21.0 Å². The number of hydrogen-bond donors (Lipinski definition) is 4. The molecule has 5 atom stereocenters. The summed E-state index contributed by atoms with van der Waals surface area (Å²) in [4.78, 5) is 62.2. The molecule has 1 aliphatic heterocycles. The molecule has 14 nitrogen and oxygen atoms in total. The molecule has 300 valence electrons. The molecule has 5 amide bonds. The highest BCUT2D eigenvalue weighted by atomic mass is 16.5. The van der Waals surface area contributed by atoms with Crippen LogP contribution in [0.25, 0.3) is 0 Å². The summed E-state index contributed by atoms with van der Waals surface area (Å²) in [5.74, 6) is 0.185. The molecule has 0 aliphatic carbocycles. The molecular formula is C41H59N7O7. The highest BCUT2D eigenvalue weighted by molar-refractivity contribution is 5.88. The van der Waals surface area contributed by atoms with Crippen LogP contribution in [0.1, 0.15) is 75.1 Å². The number of carbonyl (C=O) groups excluding carboxylic acids is 4. The summed E-state index contributed by atoms with van der Waals surface area (Å²) in [7, 11) is 1.22. The third-order valence-electron chi connectivity index (χ3n) is 10.1. The van der Waals surface area contributed by atoms with E-state index in [0.717, 1.165) is 28.3 Å². The van der Waals surface area contributed by atoms with E-state index in [0.29, 0.717) is 31.8 Å². The zero-order chi connectivity index (χ0) is 40.4. The van der Waals surface area contributed by atoms with Crippen LogP contribution < -0.4 is 16.1 Å². The second-order valence-corrected chi connectivity index (χ2v) is 15.6. The highest BCUT2D eigenvalue weighted by Crippen LogP contribution is 2.24. The maximum Gasteiger partial charge on any atom is 0.407 e. The number of aliphatic hydroxyl groups is 1. The summed E-state index contributed by atoms with van der Waals surface area (Å²) in [6.45, 7) is 16.2. The van der Waals surface area contributed by atoms with E-state index in [1.54, 1.807) is 9.80 Å². The smallest absolute Gasteiger partial charge is 0.407 e. The number of carbonyl (C=O) groups is 4. The number of benzene rings is 1. The van der Waals surface area contributed by atoms with Crippen molar-refractivity contribution < 1.29 is 33.4 Å². The lowest BCUT2D eigenvalue weighted by atomic mass is 9.86. The minimum absolute atomic E-state index is 0.0853. The molecule has 1 fully saturated rings. The van der Waals surface area contributed by atoms with Gasteiger partial charge in [-0.25, -0.2) is 14.6 Å². The number of hydrogen-bond acceptors (Lipinski definition) is 9. The van der Waals surface area contributed by atoms with Gasteiger partial charge < -0.3 is 34.7 Å². The fraction of sp³-hybridized carbons (Fsp3) is 0.537. The normalized spacial score (nSPS) is 16.0. The first-order valence-electron chi connectivity index (χ1n) is 19.0. The number of rotatable bonds is 17. The highest BCUT2D eigenvalue weighted by Gasteiger charge is 2.41. The molecule has 0 radical (unpaired) electrons. The van der Waals surface area contributed by atoms with Gasteiger partial charge in [-0.15, -0.1) is 0 Å². The molecule has 0 spiro atoms. The Kier molecular flexibility index (Phi) is 14.8. The summed E-state index contributed by atoms with van der Waals surface area (Å²) in [6, 6.07) is 14.2. The zero-order valence-corrected chi connectivity index (χ0v) is 33.7. The van der Waals surface area contributed by atoms with Gasteiger partial charge in [0.05, 0.1) is 38.0 Å². The van der Waals surface area contributed by atoms with Crippen LogP contribution in [0.15, 0.2) is 59.0 Å². The Labute approximate surface area is 324 Å². The molecule has 1 saturated heterocycles. The average molecular weight is 762 g/mol. The first-order chi connectivity index (χ1) is 26.0. The molecule has 0 bridgehead atoms. The first-order valence-corrected chi connectivity index (χ1v) is 19.0. The van der Waals surface area contributed by atoms with Crippen LogP contribution in [0.5, 0.6) is 0 Å². The summed E-state index contributed by atoms with van der Waals surface area (Å²) in [6.07, 6.45) is -1.05. The second kappa shape index (κ2) is 19.1. The van der Waals surface area contributed by atoms with Crippen molar-refractivity contribution in [1.82, 2.24) is 35.9 Å². The number of pyridine rings is 1. The standard InChI is InChI=1S/C41H59N7O7/c1-10-26(2)35(48-20-19-46(40(48)53)23-31-18-14-15-28(4)42-31)37(50)43-33(22-30-16-12-11-13-17-30)34(49)25-47(24-32-21-27(3)29(5)55-32)45-38(51)36(41(6,7)8)44-39(52)54-9/h11-18,21,26,33-36,49H,10,19-20,22-25H2,1-9H3,(H,43,50)(H,44,52)(H,45,51)/t26-,33-,34-,35-,36+/m0/s1. The Balaban J connectivity index is 1.61. The number of furan rings is 1. The number of ether oxygens (including phenoxy) is 1. The largest absolute Gasteiger partial charge is 0.465 e. The Morgan fingerprint density at radius 1 is 1.02 bits per heavy atom. The number of alkyl carbamates (subject to hydrolysis) is 1. The lowest BCUT2D eigenvalue weighted by molar-refractivity contribution is -0.133. The molecule has 2 aromatic heterocycles. The number of nitrogens with one attached hydrogen (secondary N) is 3. The maximum atomic E-state index is 14.4. The monoisotopic (exact) mass is 761 g/mol. The van der Waals surface area contributed by atoms with Gasteiger partial charge in [0, 0.05) is 25.3 Å². The summed E-state index contributed by atoms with van der Waals surface area (Å²) >= 11 is 0. The van der Waals surface area contributed by atoms with Crippen molar-refractivity contribution in [3.05, 3.63) is 88.6 Å². The van der Waals surface area contributed by atoms with Crippen molar-refractivity contribution in [3.63, 3.8) is 0 Å². The molecule has 1 aliphatic rings. The molecule has 0 unspecified atom stereocenters. The number of methoxy groups -OCH3 is 1. The van der Waals surface area contributed by atoms with Crippen molar-refractivity contribution in [3.8, 4) is 0 Å². The Hall–Kier alpha value is -4.95. The van der Waals surface area contributed by atoms with Gasteiger partial charge in [0.1, 0.15) is 23.6 Å². The van der Waals surface area contributed by atoms with E-state index in [-0.39, 0.29) is 37.4 Å². The maximum absolute atomic E-state index is 14.4. The van der Waals surface area contributed by atoms with Crippen molar-refractivity contribution in [2.75, 3.05) is 26.7 Å². The zero-order valence-electron chi connectivity index (χ0n) is 33.7. The number of urea groups is 1. The minimum atomic E-state index is -1.21. The average Bonchev–Trinajstić information content (AvgIpc) is 3.64. The quantitative estimate of drug-likeness (QED) is 0.143. The van der Waals surface area contributed by atoms with Crippen LogP contribution >= 0.6 is 0 Å².